The van der Waals surface area contributed by atoms with Crippen LogP contribution in [0, 0.1) is 0 Å². The van der Waals surface area contributed by atoms with Gasteiger partial charge in [0.2, 0.25) is 0 Å². The maximum Gasteiger partial charge on any atom is 0.251 e. The fraction of sp³-hybridized carbons (Fsp3) is 0.333. The maximum absolute atomic E-state index is 11.8. The van der Waals surface area contributed by atoms with Gasteiger partial charge in [0, 0.05) is 12.1 Å². The van der Waals surface area contributed by atoms with Crippen molar-refractivity contribution in [2.75, 3.05) is 12.3 Å². The maximum atomic E-state index is 11.8. The van der Waals surface area contributed by atoms with E-state index in [0.717, 1.165) is 29.6 Å². The highest BCUT2D eigenvalue weighted by Crippen LogP contribution is 2.24. The van der Waals surface area contributed by atoms with Crippen molar-refractivity contribution in [2.45, 2.75) is 19.8 Å². The van der Waals surface area contributed by atoms with E-state index in [2.05, 4.69) is 17.2 Å². The predicted octanol–water partition coefficient (Wildman–Crippen LogP) is 2.41. The average molecular weight is 249 g/mol. The number of hydrogen-bond acceptors (Lipinski definition) is 4. The molecule has 1 aromatic carbocycles. The number of nitrogen functional groups attached to an aromatic ring is 1. The summed E-state index contributed by atoms with van der Waals surface area (Å²) in [5.74, 6) is -0.0349. The number of nitrogens with one attached hydrogen (secondary N) is 1. The monoisotopic (exact) mass is 249 g/mol. The summed E-state index contributed by atoms with van der Waals surface area (Å²) < 4.78 is 0.950. The molecule has 0 aliphatic carbocycles. The zero-order valence-electron chi connectivity index (χ0n) is 9.69. The molecule has 2 aromatic rings. The first-order valence-corrected chi connectivity index (χ1v) is 6.46. The molecule has 0 fully saturated rings. The van der Waals surface area contributed by atoms with E-state index in [1.54, 1.807) is 6.07 Å². The van der Waals surface area contributed by atoms with Crippen molar-refractivity contribution in [2.24, 2.45) is 0 Å². The molecule has 2 rings (SSSR count). The van der Waals surface area contributed by atoms with Gasteiger partial charge in [-0.3, -0.25) is 4.79 Å². The number of nitrogens with zero attached hydrogens (tertiary/aromatic N) is 1. The van der Waals surface area contributed by atoms with Gasteiger partial charge in [-0.25, -0.2) is 4.98 Å². The number of nitrogens with two attached hydrogens (primary N) is 1. The van der Waals surface area contributed by atoms with Gasteiger partial charge in [0.25, 0.3) is 5.91 Å². The smallest absolute Gasteiger partial charge is 0.251 e. The van der Waals surface area contributed by atoms with Gasteiger partial charge >= 0.3 is 0 Å². The second kappa shape index (κ2) is 5.14. The molecule has 4 nitrogen and oxygen atoms in total. The molecule has 0 spiro atoms. The molecule has 0 aliphatic rings. The van der Waals surface area contributed by atoms with Gasteiger partial charge in [0.05, 0.1) is 10.2 Å². The number of carbonyl (C=O) groups is 1. The molecule has 1 heterocycles. The van der Waals surface area contributed by atoms with Crippen molar-refractivity contribution in [1.29, 1.82) is 0 Å². The Hall–Kier alpha value is -1.62. The quantitative estimate of drug-likeness (QED) is 0.818. The number of amides is 1. The lowest BCUT2D eigenvalue weighted by atomic mass is 10.2. The molecule has 90 valence electrons. The van der Waals surface area contributed by atoms with E-state index in [1.807, 2.05) is 12.1 Å². The molecule has 0 aliphatic heterocycles. The molecular formula is C12H15N3OS. The van der Waals surface area contributed by atoms with Crippen molar-refractivity contribution < 1.29 is 4.79 Å². The van der Waals surface area contributed by atoms with E-state index in [0.29, 0.717) is 10.7 Å². The van der Waals surface area contributed by atoms with Crippen LogP contribution in [0.3, 0.4) is 0 Å². The molecule has 0 atom stereocenters. The lowest BCUT2D eigenvalue weighted by molar-refractivity contribution is 0.0953. The van der Waals surface area contributed by atoms with E-state index in [-0.39, 0.29) is 5.91 Å². The highest BCUT2D eigenvalue weighted by atomic mass is 32.1. The minimum Gasteiger partial charge on any atom is -0.375 e. The van der Waals surface area contributed by atoms with Crippen LogP contribution < -0.4 is 11.1 Å². The topological polar surface area (TPSA) is 68.0 Å². The first kappa shape index (κ1) is 11.9. The van der Waals surface area contributed by atoms with Gasteiger partial charge in [-0.1, -0.05) is 24.7 Å². The average Bonchev–Trinajstić information content (AvgIpc) is 2.68. The number of rotatable bonds is 4. The van der Waals surface area contributed by atoms with Crippen LogP contribution in [0.4, 0.5) is 5.13 Å². The van der Waals surface area contributed by atoms with Crippen molar-refractivity contribution in [3.05, 3.63) is 23.8 Å². The van der Waals surface area contributed by atoms with Crippen molar-refractivity contribution in [3.8, 4) is 0 Å². The molecule has 5 heteroatoms. The third-order valence-corrected chi connectivity index (χ3v) is 3.33. The summed E-state index contributed by atoms with van der Waals surface area (Å²) in [4.78, 5) is 16.0. The number of aromatic nitrogens is 1. The second-order valence-corrected chi connectivity index (χ2v) is 4.91. The molecule has 1 amide bonds. The van der Waals surface area contributed by atoms with Gasteiger partial charge < -0.3 is 11.1 Å². The molecule has 0 saturated heterocycles. The number of thiazole rings is 1. The Kier molecular flexibility index (Phi) is 3.58. The standard InChI is InChI=1S/C12H15N3OS/c1-2-3-6-14-11(16)8-4-5-9-10(7-8)17-12(13)15-9/h4-5,7H,2-3,6H2,1H3,(H2,13,15)(H,14,16). The number of anilines is 1. The summed E-state index contributed by atoms with van der Waals surface area (Å²) in [5.41, 5.74) is 7.13. The molecule has 1 aromatic heterocycles. The van der Waals surface area contributed by atoms with Crippen molar-refractivity contribution >= 4 is 32.6 Å². The van der Waals surface area contributed by atoms with Gasteiger partial charge in [-0.2, -0.15) is 0 Å². The summed E-state index contributed by atoms with van der Waals surface area (Å²) in [6.45, 7) is 2.82. The highest BCUT2D eigenvalue weighted by Gasteiger charge is 2.07. The lowest BCUT2D eigenvalue weighted by Gasteiger charge is -2.03. The largest absolute Gasteiger partial charge is 0.375 e. The Bertz CT molecular complexity index is 536. The van der Waals surface area contributed by atoms with Gasteiger partial charge in [-0.05, 0) is 24.6 Å². The third-order valence-electron chi connectivity index (χ3n) is 2.48. The number of benzene rings is 1. The molecule has 3 N–H and O–H groups in total. The minimum atomic E-state index is -0.0349. The molecule has 0 unspecified atom stereocenters. The summed E-state index contributed by atoms with van der Waals surface area (Å²) >= 11 is 1.40. The first-order valence-electron chi connectivity index (χ1n) is 5.65. The van der Waals surface area contributed by atoms with Crippen molar-refractivity contribution in [3.63, 3.8) is 0 Å². The number of hydrogen-bond donors (Lipinski definition) is 2. The number of unbranched alkanes of at least 4 members (excludes halogenated alkanes) is 1. The van der Waals surface area contributed by atoms with Crippen LogP contribution in [0.25, 0.3) is 10.2 Å². The van der Waals surface area contributed by atoms with Crippen LogP contribution in [0.1, 0.15) is 30.1 Å². The molecule has 0 bridgehead atoms. The van der Waals surface area contributed by atoms with Gasteiger partial charge in [-0.15, -0.1) is 0 Å². The second-order valence-electron chi connectivity index (χ2n) is 3.84. The summed E-state index contributed by atoms with van der Waals surface area (Å²) in [6.07, 6.45) is 2.08. The van der Waals surface area contributed by atoms with Gasteiger partial charge in [0.1, 0.15) is 0 Å². The molecule has 0 radical (unpaired) electrons. The Balaban J connectivity index is 2.15. The zero-order valence-corrected chi connectivity index (χ0v) is 10.5. The van der Waals surface area contributed by atoms with E-state index in [9.17, 15) is 4.79 Å². The predicted molar refractivity (Wildman–Crippen MR) is 71.3 cm³/mol. The summed E-state index contributed by atoms with van der Waals surface area (Å²) in [5, 5.41) is 3.42. The Morgan fingerprint density at radius 2 is 2.35 bits per heavy atom. The Morgan fingerprint density at radius 1 is 1.53 bits per heavy atom. The van der Waals surface area contributed by atoms with E-state index in [4.69, 9.17) is 5.73 Å². The molecule has 0 saturated carbocycles. The van der Waals surface area contributed by atoms with Crippen LogP contribution >= 0.6 is 11.3 Å². The van der Waals surface area contributed by atoms with E-state index in [1.165, 1.54) is 11.3 Å². The lowest BCUT2D eigenvalue weighted by Crippen LogP contribution is -2.24. The fourth-order valence-corrected chi connectivity index (χ4v) is 2.34. The third kappa shape index (κ3) is 2.74. The van der Waals surface area contributed by atoms with E-state index < -0.39 is 0 Å². The first-order chi connectivity index (χ1) is 8.20. The zero-order chi connectivity index (χ0) is 12.3. The summed E-state index contributed by atoms with van der Waals surface area (Å²) in [7, 11) is 0. The van der Waals surface area contributed by atoms with Crippen LogP contribution in [0.5, 0.6) is 0 Å². The fourth-order valence-electron chi connectivity index (χ4n) is 1.56. The van der Waals surface area contributed by atoms with Crippen LogP contribution in [0.15, 0.2) is 18.2 Å². The highest BCUT2D eigenvalue weighted by molar-refractivity contribution is 7.22. The van der Waals surface area contributed by atoms with Crippen LogP contribution in [-0.2, 0) is 0 Å². The Morgan fingerprint density at radius 3 is 3.12 bits per heavy atom. The van der Waals surface area contributed by atoms with Gasteiger partial charge in [0.15, 0.2) is 5.13 Å². The van der Waals surface area contributed by atoms with E-state index >= 15 is 0 Å². The van der Waals surface area contributed by atoms with Crippen molar-refractivity contribution in [1.82, 2.24) is 10.3 Å². The summed E-state index contributed by atoms with van der Waals surface area (Å²) in [6, 6.07) is 5.45. The van der Waals surface area contributed by atoms with Crippen LogP contribution in [-0.4, -0.2) is 17.4 Å². The van der Waals surface area contributed by atoms with Crippen LogP contribution in [0.2, 0.25) is 0 Å². The minimum absolute atomic E-state index is 0.0349. The Labute approximate surface area is 104 Å². The number of fused-ring (bicyclic) bond motifs is 1. The number of carbonyl (C=O) groups excluding carboxylic acids is 1. The molecule has 17 heavy (non-hydrogen) atoms. The normalized spacial score (nSPS) is 10.6. The molecular weight excluding hydrogens is 234 g/mol. The SMILES string of the molecule is CCCCNC(=O)c1ccc2nc(N)sc2c1.